The molecule has 0 fully saturated rings. The van der Waals surface area contributed by atoms with Crippen LogP contribution < -0.4 is 0 Å². The van der Waals surface area contributed by atoms with Gasteiger partial charge in [0.15, 0.2) is 0 Å². The van der Waals surface area contributed by atoms with Crippen LogP contribution in [0.25, 0.3) is 0 Å². The first-order valence-electron chi connectivity index (χ1n) is 11.0. The third kappa shape index (κ3) is 8.19. The Morgan fingerprint density at radius 3 is 1.51 bits per heavy atom. The van der Waals surface area contributed by atoms with Crippen LogP contribution in [-0.2, 0) is 18.0 Å². The number of rotatable bonds is 17. The van der Waals surface area contributed by atoms with Crippen molar-refractivity contribution in [2.75, 3.05) is 33.0 Å². The first-order chi connectivity index (χ1) is 17.4. The molecule has 0 atom stereocenters. The van der Waals surface area contributed by atoms with Gasteiger partial charge < -0.3 is 18.0 Å². The number of ether oxygens (including phenoxy) is 1. The zero-order chi connectivity index (χ0) is 31.1. The van der Waals surface area contributed by atoms with Gasteiger partial charge in [0.25, 0.3) is 0 Å². The van der Waals surface area contributed by atoms with E-state index in [0.29, 0.717) is 4.31 Å². The number of hydrogen-bond acceptors (Lipinski definition) is 6. The fourth-order valence-corrected chi connectivity index (χ4v) is 5.63. The summed E-state index contributed by atoms with van der Waals surface area (Å²) >= 11 is 3.66. The summed E-state index contributed by atoms with van der Waals surface area (Å²) in [6.45, 7) is 3.39. The summed E-state index contributed by atoms with van der Waals surface area (Å²) in [6, 6.07) is 0.114. The molecule has 39 heavy (non-hydrogen) atoms. The Bertz CT molecular complexity index is 772. The molecule has 0 heterocycles. The summed E-state index contributed by atoms with van der Waals surface area (Å²) in [6.07, 6.45) is -11.7. The van der Waals surface area contributed by atoms with Crippen molar-refractivity contribution in [3.63, 3.8) is 0 Å². The van der Waals surface area contributed by atoms with Crippen LogP contribution in [0, 0.1) is 0 Å². The van der Waals surface area contributed by atoms with E-state index in [9.17, 15) is 61.9 Å². The number of thiol groups is 1. The highest BCUT2D eigenvalue weighted by Gasteiger charge is 2.90. The Morgan fingerprint density at radius 1 is 0.718 bits per heavy atom. The number of halogens is 13. The highest BCUT2D eigenvalue weighted by Crippen LogP contribution is 2.60. The van der Waals surface area contributed by atoms with Gasteiger partial charge in [-0.25, -0.2) is 4.79 Å². The van der Waals surface area contributed by atoms with Crippen LogP contribution in [0.4, 0.5) is 61.9 Å². The molecule has 0 bridgehead atoms. The third-order valence-electron chi connectivity index (χ3n) is 4.80. The molecule has 0 aromatic carbocycles. The van der Waals surface area contributed by atoms with Crippen molar-refractivity contribution in [3.8, 4) is 0 Å². The van der Waals surface area contributed by atoms with Crippen LogP contribution >= 0.6 is 12.8 Å². The topological polar surface area (TPSA) is 57.2 Å². The van der Waals surface area contributed by atoms with E-state index in [0.717, 1.165) is 0 Å². The Hall–Kier alpha value is -1.19. The van der Waals surface area contributed by atoms with Gasteiger partial charge in [0.1, 0.15) is 0 Å². The summed E-state index contributed by atoms with van der Waals surface area (Å²) in [5, 5.41) is 0. The standard InChI is InChI=1S/C18H26F13NO5SSi/c1-4-35-39(36-5-2,37-6-3)11-7-9-32(38)12(33)34-10-8-13(19,20)14(21,22)15(23,24)16(25,26)17(27,28)18(29,30)31/h38H,4-11H2,1-3H3. The van der Waals surface area contributed by atoms with E-state index in [1.165, 1.54) is 0 Å². The Kier molecular flexibility index (Phi) is 13.2. The molecule has 0 aliphatic heterocycles. The highest BCUT2D eigenvalue weighted by molar-refractivity contribution is 7.78. The molecule has 0 radical (unpaired) electrons. The van der Waals surface area contributed by atoms with E-state index in [-0.39, 0.29) is 38.8 Å². The smallest absolute Gasteiger partial charge is 0.449 e. The SMILES string of the molecule is CCO[Si](CCCN(S)C(=O)OCCC(F)(F)C(F)(F)C(F)(F)C(F)(F)C(F)(F)C(F)(F)F)(OCC)OCC. The number of carbonyl (C=O) groups excluding carboxylic acids is 1. The maximum absolute atomic E-state index is 13.8. The van der Waals surface area contributed by atoms with Crippen molar-refractivity contribution in [1.82, 2.24) is 4.31 Å². The molecule has 0 aliphatic rings. The second kappa shape index (κ2) is 13.6. The second-order valence-corrected chi connectivity index (χ2v) is 10.8. The molecule has 1 amide bonds. The van der Waals surface area contributed by atoms with Gasteiger partial charge in [0.05, 0.1) is 13.0 Å². The van der Waals surface area contributed by atoms with Crippen molar-refractivity contribution in [3.05, 3.63) is 0 Å². The lowest BCUT2D eigenvalue weighted by atomic mass is 9.93. The first-order valence-corrected chi connectivity index (χ1v) is 13.3. The van der Waals surface area contributed by atoms with Crippen LogP contribution in [0.2, 0.25) is 6.04 Å². The number of carbonyl (C=O) groups is 1. The van der Waals surface area contributed by atoms with E-state index >= 15 is 0 Å². The first kappa shape index (κ1) is 37.8. The molecule has 0 spiro atoms. The summed E-state index contributed by atoms with van der Waals surface area (Å²) in [5.41, 5.74) is 0. The van der Waals surface area contributed by atoms with Gasteiger partial charge >= 0.3 is 50.7 Å². The minimum Gasteiger partial charge on any atom is -0.449 e. The predicted octanol–water partition coefficient (Wildman–Crippen LogP) is 6.84. The molecule has 0 aromatic heterocycles. The van der Waals surface area contributed by atoms with Crippen molar-refractivity contribution in [2.24, 2.45) is 0 Å². The van der Waals surface area contributed by atoms with Gasteiger partial charge in [-0.1, -0.05) is 12.8 Å². The molecular weight excluding hydrogens is 617 g/mol. The highest BCUT2D eigenvalue weighted by atomic mass is 32.1. The zero-order valence-corrected chi connectivity index (χ0v) is 22.4. The molecule has 21 heteroatoms. The van der Waals surface area contributed by atoms with Crippen LogP contribution in [0.3, 0.4) is 0 Å². The lowest BCUT2D eigenvalue weighted by Gasteiger charge is -2.39. The summed E-state index contributed by atoms with van der Waals surface area (Å²) in [5.74, 6) is -37.5. The normalized spacial score (nSPS) is 14.5. The van der Waals surface area contributed by atoms with Gasteiger partial charge in [-0.2, -0.15) is 57.1 Å². The van der Waals surface area contributed by atoms with Crippen LogP contribution in [0.5, 0.6) is 0 Å². The van der Waals surface area contributed by atoms with Crippen LogP contribution in [0.1, 0.15) is 33.6 Å². The van der Waals surface area contributed by atoms with Crippen LogP contribution in [0.15, 0.2) is 0 Å². The van der Waals surface area contributed by atoms with Crippen molar-refractivity contribution in [1.29, 1.82) is 0 Å². The maximum atomic E-state index is 13.8. The van der Waals surface area contributed by atoms with Gasteiger partial charge in [0.2, 0.25) is 0 Å². The second-order valence-electron chi connectivity index (χ2n) is 7.57. The lowest BCUT2D eigenvalue weighted by molar-refractivity contribution is -0.440. The van der Waals surface area contributed by atoms with Gasteiger partial charge in [-0.05, 0) is 27.2 Å². The van der Waals surface area contributed by atoms with E-state index in [4.69, 9.17) is 13.3 Å². The summed E-state index contributed by atoms with van der Waals surface area (Å²) < 4.78 is 191. The Morgan fingerprint density at radius 2 is 1.13 bits per heavy atom. The van der Waals surface area contributed by atoms with E-state index in [2.05, 4.69) is 17.6 Å². The van der Waals surface area contributed by atoms with E-state index < -0.39 is 63.7 Å². The van der Waals surface area contributed by atoms with Gasteiger partial charge in [-0.15, -0.1) is 0 Å². The molecule has 0 aromatic rings. The van der Waals surface area contributed by atoms with Crippen LogP contribution in [-0.4, -0.2) is 88.0 Å². The molecular formula is C18H26F13NO5SSi. The van der Waals surface area contributed by atoms with E-state index in [1.54, 1.807) is 20.8 Å². The minimum atomic E-state index is -7.99. The molecule has 0 saturated carbocycles. The largest absolute Gasteiger partial charge is 0.500 e. The zero-order valence-electron chi connectivity index (χ0n) is 20.5. The molecule has 0 N–H and O–H groups in total. The van der Waals surface area contributed by atoms with Crippen molar-refractivity contribution < 1.29 is 79.9 Å². The monoisotopic (exact) mass is 643 g/mol. The lowest BCUT2D eigenvalue weighted by Crippen LogP contribution is -2.70. The average Bonchev–Trinajstić information content (AvgIpc) is 2.78. The fraction of sp³-hybridized carbons (Fsp3) is 0.944. The van der Waals surface area contributed by atoms with Crippen molar-refractivity contribution in [2.45, 2.75) is 75.4 Å². The maximum Gasteiger partial charge on any atom is 0.500 e. The molecule has 0 unspecified atom stereocenters. The van der Waals surface area contributed by atoms with E-state index in [1.807, 2.05) is 0 Å². The number of nitrogens with zero attached hydrogens (tertiary/aromatic N) is 1. The average molecular weight is 644 g/mol. The predicted molar refractivity (Wildman–Crippen MR) is 113 cm³/mol. The minimum absolute atomic E-state index is 0.0494. The molecule has 0 rings (SSSR count). The number of amides is 1. The quantitative estimate of drug-likeness (QED) is 0.107. The number of alkyl halides is 13. The third-order valence-corrected chi connectivity index (χ3v) is 8.31. The number of hydrogen-bond donors (Lipinski definition) is 1. The molecule has 0 saturated heterocycles. The molecule has 6 nitrogen and oxygen atoms in total. The Balaban J connectivity index is 5.31. The van der Waals surface area contributed by atoms with Crippen molar-refractivity contribution >= 4 is 27.7 Å². The van der Waals surface area contributed by atoms with Gasteiger partial charge in [-0.3, -0.25) is 4.31 Å². The summed E-state index contributed by atoms with van der Waals surface area (Å²) in [7, 11) is -3.18. The van der Waals surface area contributed by atoms with Gasteiger partial charge in [0, 0.05) is 32.4 Å². The molecule has 0 aliphatic carbocycles. The fourth-order valence-electron chi connectivity index (χ4n) is 2.84. The summed E-state index contributed by atoms with van der Waals surface area (Å²) in [4.78, 5) is 11.8. The Labute approximate surface area is 221 Å². The molecule has 234 valence electrons.